The largest absolute Gasteiger partial charge is 0.343 e. The van der Waals surface area contributed by atoms with E-state index in [2.05, 4.69) is 5.32 Å². The number of carbonyl (C=O) groups excluding carboxylic acids is 2. The molecule has 1 fully saturated rings. The van der Waals surface area contributed by atoms with E-state index in [0.717, 1.165) is 84.9 Å². The first kappa shape index (κ1) is 17.0. The molecule has 26 heavy (non-hydrogen) atoms. The molecule has 0 bridgehead atoms. The molecule has 0 radical (unpaired) electrons. The van der Waals surface area contributed by atoms with Gasteiger partial charge in [-0.15, -0.1) is 0 Å². The van der Waals surface area contributed by atoms with Crippen molar-refractivity contribution in [3.63, 3.8) is 0 Å². The van der Waals surface area contributed by atoms with Gasteiger partial charge in [0, 0.05) is 24.2 Å². The molecule has 1 aromatic carbocycles. The normalized spacial score (nSPS) is 16.6. The van der Waals surface area contributed by atoms with Gasteiger partial charge in [-0.1, -0.05) is 11.6 Å². The molecule has 2 aromatic rings. The molecule has 2 amide bonds. The second-order valence-corrected chi connectivity index (χ2v) is 7.41. The van der Waals surface area contributed by atoms with E-state index in [1.54, 1.807) is 0 Å². The molecule has 1 saturated heterocycles. The summed E-state index contributed by atoms with van der Waals surface area (Å²) in [6, 6.07) is 6.06. The summed E-state index contributed by atoms with van der Waals surface area (Å²) in [5.41, 5.74) is 4.82. The zero-order chi connectivity index (χ0) is 18.1. The minimum Gasteiger partial charge on any atom is -0.343 e. The van der Waals surface area contributed by atoms with Gasteiger partial charge in [-0.3, -0.25) is 14.6 Å². The van der Waals surface area contributed by atoms with Gasteiger partial charge in [0.1, 0.15) is 0 Å². The third-order valence-electron chi connectivity index (χ3n) is 5.50. The van der Waals surface area contributed by atoms with Crippen LogP contribution in [0.15, 0.2) is 18.2 Å². The maximum absolute atomic E-state index is 13.1. The predicted molar refractivity (Wildman–Crippen MR) is 101 cm³/mol. The molecule has 0 spiro atoms. The van der Waals surface area contributed by atoms with Crippen LogP contribution in [-0.2, 0) is 17.6 Å². The van der Waals surface area contributed by atoms with Crippen LogP contribution >= 0.6 is 0 Å². The summed E-state index contributed by atoms with van der Waals surface area (Å²) < 4.78 is 0. The lowest BCUT2D eigenvalue weighted by molar-refractivity contribution is -0.129. The number of aromatic nitrogens is 1. The Bertz CT molecular complexity index is 869. The van der Waals surface area contributed by atoms with Crippen LogP contribution in [0.25, 0.3) is 10.9 Å². The van der Waals surface area contributed by atoms with E-state index in [1.165, 1.54) is 0 Å². The quantitative estimate of drug-likeness (QED) is 0.925. The first-order valence-corrected chi connectivity index (χ1v) is 9.61. The van der Waals surface area contributed by atoms with Crippen molar-refractivity contribution in [2.45, 2.75) is 45.4 Å². The minimum atomic E-state index is -0.145. The molecule has 5 nitrogen and oxygen atoms in total. The SMILES string of the molecule is Cc1ccc2nc3c(c(C(=O)NCC(=O)N4CCCC4)c2c1)CCCC3. The highest BCUT2D eigenvalue weighted by atomic mass is 16.2. The molecule has 0 saturated carbocycles. The predicted octanol–water partition coefficient (Wildman–Crippen LogP) is 2.77. The van der Waals surface area contributed by atoms with Crippen LogP contribution in [0.5, 0.6) is 0 Å². The third kappa shape index (κ3) is 3.18. The molecule has 1 aliphatic carbocycles. The van der Waals surface area contributed by atoms with Crippen LogP contribution in [0.3, 0.4) is 0 Å². The maximum Gasteiger partial charge on any atom is 0.252 e. The van der Waals surface area contributed by atoms with Gasteiger partial charge in [0.25, 0.3) is 5.91 Å². The minimum absolute atomic E-state index is 0.0132. The van der Waals surface area contributed by atoms with Crippen LogP contribution < -0.4 is 5.32 Å². The average molecular weight is 351 g/mol. The first-order chi connectivity index (χ1) is 12.6. The topological polar surface area (TPSA) is 62.3 Å². The van der Waals surface area contributed by atoms with Crippen LogP contribution in [0.2, 0.25) is 0 Å². The number of benzene rings is 1. The van der Waals surface area contributed by atoms with Crippen molar-refractivity contribution in [1.82, 2.24) is 15.2 Å². The molecular weight excluding hydrogens is 326 g/mol. The molecular formula is C21H25N3O2. The van der Waals surface area contributed by atoms with Crippen LogP contribution in [0, 0.1) is 6.92 Å². The highest BCUT2D eigenvalue weighted by Gasteiger charge is 2.24. The number of hydrogen-bond acceptors (Lipinski definition) is 3. The fourth-order valence-corrected chi connectivity index (χ4v) is 4.12. The van der Waals surface area contributed by atoms with Crippen LogP contribution in [0.1, 0.15) is 52.9 Å². The summed E-state index contributed by atoms with van der Waals surface area (Å²) in [7, 11) is 0. The highest BCUT2D eigenvalue weighted by molar-refractivity contribution is 6.08. The molecule has 0 unspecified atom stereocenters. The van der Waals surface area contributed by atoms with Crippen molar-refractivity contribution < 1.29 is 9.59 Å². The number of likely N-dealkylation sites (tertiary alicyclic amines) is 1. The molecule has 4 rings (SSSR count). The zero-order valence-corrected chi connectivity index (χ0v) is 15.3. The fourth-order valence-electron chi connectivity index (χ4n) is 4.12. The molecule has 2 heterocycles. The molecule has 1 N–H and O–H groups in total. The number of pyridine rings is 1. The number of nitrogens with one attached hydrogen (secondary N) is 1. The van der Waals surface area contributed by atoms with Crippen molar-refractivity contribution in [1.29, 1.82) is 0 Å². The molecule has 5 heteroatoms. The lowest BCUT2D eigenvalue weighted by Crippen LogP contribution is -2.39. The highest BCUT2D eigenvalue weighted by Crippen LogP contribution is 2.29. The van der Waals surface area contributed by atoms with Gasteiger partial charge in [0.05, 0.1) is 17.6 Å². The standard InChI is InChI=1S/C21H25N3O2/c1-14-8-9-18-16(12-14)20(15-6-2-3-7-17(15)23-18)21(26)22-13-19(25)24-10-4-5-11-24/h8-9,12H,2-7,10-11,13H2,1H3,(H,22,26). The Kier molecular flexibility index (Phi) is 4.62. The Morgan fingerprint density at radius 1 is 1.12 bits per heavy atom. The Hall–Kier alpha value is -2.43. The summed E-state index contributed by atoms with van der Waals surface area (Å²) in [6.45, 7) is 3.71. The summed E-state index contributed by atoms with van der Waals surface area (Å²) in [6.07, 6.45) is 6.12. The van der Waals surface area contributed by atoms with Gasteiger partial charge in [-0.05, 0) is 63.1 Å². The Labute approximate surface area is 153 Å². The van der Waals surface area contributed by atoms with Crippen molar-refractivity contribution in [3.05, 3.63) is 40.6 Å². The maximum atomic E-state index is 13.1. The molecule has 1 aromatic heterocycles. The number of carbonyl (C=O) groups is 2. The van der Waals surface area contributed by atoms with Crippen LogP contribution in [0.4, 0.5) is 0 Å². The summed E-state index contributed by atoms with van der Waals surface area (Å²) in [5, 5.41) is 3.78. The van der Waals surface area contributed by atoms with Crippen molar-refractivity contribution in [2.75, 3.05) is 19.6 Å². The molecule has 136 valence electrons. The lowest BCUT2D eigenvalue weighted by atomic mass is 9.89. The number of fused-ring (bicyclic) bond motifs is 2. The van der Waals surface area contributed by atoms with E-state index in [0.29, 0.717) is 0 Å². The van der Waals surface area contributed by atoms with Gasteiger partial charge >= 0.3 is 0 Å². The summed E-state index contributed by atoms with van der Waals surface area (Å²) >= 11 is 0. The van der Waals surface area contributed by atoms with E-state index in [1.807, 2.05) is 30.0 Å². The van der Waals surface area contributed by atoms with E-state index in [-0.39, 0.29) is 18.4 Å². The van der Waals surface area contributed by atoms with E-state index < -0.39 is 0 Å². The van der Waals surface area contributed by atoms with E-state index in [4.69, 9.17) is 4.98 Å². The fraction of sp³-hybridized carbons (Fsp3) is 0.476. The average Bonchev–Trinajstić information content (AvgIpc) is 3.19. The van der Waals surface area contributed by atoms with Gasteiger partial charge in [-0.25, -0.2) is 0 Å². The van der Waals surface area contributed by atoms with E-state index in [9.17, 15) is 9.59 Å². The number of amides is 2. The summed E-state index contributed by atoms with van der Waals surface area (Å²) in [5.74, 6) is -0.132. The Balaban J connectivity index is 1.66. The van der Waals surface area contributed by atoms with Crippen molar-refractivity contribution in [2.24, 2.45) is 0 Å². The number of nitrogens with zero attached hydrogens (tertiary/aromatic N) is 2. The lowest BCUT2D eigenvalue weighted by Gasteiger charge is -2.21. The number of aryl methyl sites for hydroxylation is 2. The monoisotopic (exact) mass is 351 g/mol. The third-order valence-corrected chi connectivity index (χ3v) is 5.50. The van der Waals surface area contributed by atoms with E-state index >= 15 is 0 Å². The van der Waals surface area contributed by atoms with Gasteiger partial charge in [0.2, 0.25) is 5.91 Å². The first-order valence-electron chi connectivity index (χ1n) is 9.61. The molecule has 0 atom stereocenters. The molecule has 1 aliphatic heterocycles. The van der Waals surface area contributed by atoms with Crippen LogP contribution in [-0.4, -0.2) is 41.3 Å². The number of hydrogen-bond donors (Lipinski definition) is 1. The van der Waals surface area contributed by atoms with Gasteiger partial charge < -0.3 is 10.2 Å². The smallest absolute Gasteiger partial charge is 0.252 e. The Morgan fingerprint density at radius 2 is 1.88 bits per heavy atom. The second-order valence-electron chi connectivity index (χ2n) is 7.41. The second kappa shape index (κ2) is 7.06. The Morgan fingerprint density at radius 3 is 2.69 bits per heavy atom. The zero-order valence-electron chi connectivity index (χ0n) is 15.3. The van der Waals surface area contributed by atoms with Crippen molar-refractivity contribution in [3.8, 4) is 0 Å². The number of rotatable bonds is 3. The summed E-state index contributed by atoms with van der Waals surface area (Å²) in [4.78, 5) is 32.0. The van der Waals surface area contributed by atoms with Gasteiger partial charge in [0.15, 0.2) is 0 Å². The molecule has 2 aliphatic rings. The van der Waals surface area contributed by atoms with Crippen molar-refractivity contribution >= 4 is 22.7 Å². The van der Waals surface area contributed by atoms with Gasteiger partial charge in [-0.2, -0.15) is 0 Å².